The zero-order chi connectivity index (χ0) is 13.9. The Labute approximate surface area is 119 Å². The SMILES string of the molecule is CN1CCCN(C(=O)c2cccc3ccccc23)CC1. The molecule has 3 nitrogen and oxygen atoms in total. The minimum absolute atomic E-state index is 0.164. The second-order valence-electron chi connectivity index (χ2n) is 5.48. The maximum atomic E-state index is 12.8. The maximum absolute atomic E-state index is 12.8. The quantitative estimate of drug-likeness (QED) is 0.794. The van der Waals surface area contributed by atoms with E-state index in [1.165, 1.54) is 0 Å². The van der Waals surface area contributed by atoms with E-state index in [0.29, 0.717) is 0 Å². The van der Waals surface area contributed by atoms with E-state index in [9.17, 15) is 4.79 Å². The number of amides is 1. The number of hydrogen-bond donors (Lipinski definition) is 0. The molecule has 1 saturated heterocycles. The van der Waals surface area contributed by atoms with Gasteiger partial charge in [-0.25, -0.2) is 0 Å². The fourth-order valence-electron chi connectivity index (χ4n) is 2.83. The number of fused-ring (bicyclic) bond motifs is 1. The summed E-state index contributed by atoms with van der Waals surface area (Å²) >= 11 is 0. The zero-order valence-electron chi connectivity index (χ0n) is 11.9. The highest BCUT2D eigenvalue weighted by Gasteiger charge is 2.20. The molecule has 0 aromatic heterocycles. The van der Waals surface area contributed by atoms with Crippen molar-refractivity contribution in [3.05, 3.63) is 48.0 Å². The van der Waals surface area contributed by atoms with Gasteiger partial charge in [0.2, 0.25) is 0 Å². The summed E-state index contributed by atoms with van der Waals surface area (Å²) in [7, 11) is 2.12. The predicted molar refractivity (Wildman–Crippen MR) is 82.0 cm³/mol. The number of nitrogens with zero attached hydrogens (tertiary/aromatic N) is 2. The van der Waals surface area contributed by atoms with Crippen LogP contribution in [0.4, 0.5) is 0 Å². The first-order valence-corrected chi connectivity index (χ1v) is 7.21. The summed E-state index contributed by atoms with van der Waals surface area (Å²) in [6.07, 6.45) is 1.05. The number of hydrogen-bond acceptors (Lipinski definition) is 2. The molecule has 0 spiro atoms. The van der Waals surface area contributed by atoms with Gasteiger partial charge >= 0.3 is 0 Å². The van der Waals surface area contributed by atoms with Gasteiger partial charge in [0.1, 0.15) is 0 Å². The van der Waals surface area contributed by atoms with E-state index in [-0.39, 0.29) is 5.91 Å². The highest BCUT2D eigenvalue weighted by molar-refractivity contribution is 6.07. The molecule has 0 unspecified atom stereocenters. The van der Waals surface area contributed by atoms with Gasteiger partial charge in [0.25, 0.3) is 5.91 Å². The minimum atomic E-state index is 0.164. The van der Waals surface area contributed by atoms with Crippen LogP contribution >= 0.6 is 0 Å². The Balaban J connectivity index is 1.92. The molecule has 2 aromatic carbocycles. The van der Waals surface area contributed by atoms with Gasteiger partial charge in [-0.1, -0.05) is 36.4 Å². The van der Waals surface area contributed by atoms with E-state index in [1.54, 1.807) is 0 Å². The fourth-order valence-corrected chi connectivity index (χ4v) is 2.83. The van der Waals surface area contributed by atoms with Gasteiger partial charge in [0.05, 0.1) is 0 Å². The smallest absolute Gasteiger partial charge is 0.254 e. The van der Waals surface area contributed by atoms with Crippen LogP contribution in [0.3, 0.4) is 0 Å². The summed E-state index contributed by atoms with van der Waals surface area (Å²) in [6, 6.07) is 14.1. The van der Waals surface area contributed by atoms with Crippen LogP contribution in [-0.4, -0.2) is 48.9 Å². The predicted octanol–water partition coefficient (Wildman–Crippen LogP) is 2.62. The third-order valence-electron chi connectivity index (χ3n) is 4.03. The molecule has 0 aliphatic carbocycles. The first-order valence-electron chi connectivity index (χ1n) is 7.21. The van der Waals surface area contributed by atoms with Crippen LogP contribution in [0.25, 0.3) is 10.8 Å². The van der Waals surface area contributed by atoms with Crippen LogP contribution in [0.2, 0.25) is 0 Å². The third kappa shape index (κ3) is 2.54. The van der Waals surface area contributed by atoms with Gasteiger partial charge in [-0.05, 0) is 36.9 Å². The summed E-state index contributed by atoms with van der Waals surface area (Å²) in [5.41, 5.74) is 0.827. The number of carbonyl (C=O) groups is 1. The van der Waals surface area contributed by atoms with E-state index in [2.05, 4.69) is 24.1 Å². The van der Waals surface area contributed by atoms with E-state index in [1.807, 2.05) is 35.2 Å². The molecular formula is C17H20N2O. The maximum Gasteiger partial charge on any atom is 0.254 e. The Kier molecular flexibility index (Phi) is 3.70. The third-order valence-corrected chi connectivity index (χ3v) is 4.03. The van der Waals surface area contributed by atoms with Crippen molar-refractivity contribution in [2.75, 3.05) is 33.2 Å². The number of rotatable bonds is 1. The average molecular weight is 268 g/mol. The van der Waals surface area contributed by atoms with Crippen molar-refractivity contribution >= 4 is 16.7 Å². The van der Waals surface area contributed by atoms with Crippen LogP contribution < -0.4 is 0 Å². The van der Waals surface area contributed by atoms with Gasteiger partial charge < -0.3 is 9.80 Å². The van der Waals surface area contributed by atoms with Gasteiger partial charge in [0.15, 0.2) is 0 Å². The molecule has 20 heavy (non-hydrogen) atoms. The average Bonchev–Trinajstić information content (AvgIpc) is 2.71. The van der Waals surface area contributed by atoms with E-state index >= 15 is 0 Å². The summed E-state index contributed by atoms with van der Waals surface area (Å²) in [4.78, 5) is 17.1. The van der Waals surface area contributed by atoms with Gasteiger partial charge in [-0.3, -0.25) is 4.79 Å². The Morgan fingerprint density at radius 3 is 2.65 bits per heavy atom. The number of benzene rings is 2. The Hall–Kier alpha value is -1.87. The molecule has 0 atom stereocenters. The topological polar surface area (TPSA) is 23.6 Å². The molecule has 0 saturated carbocycles. The molecule has 0 radical (unpaired) electrons. The Morgan fingerprint density at radius 1 is 0.950 bits per heavy atom. The lowest BCUT2D eigenvalue weighted by atomic mass is 10.0. The first-order chi connectivity index (χ1) is 9.75. The van der Waals surface area contributed by atoms with Gasteiger partial charge in [-0.2, -0.15) is 0 Å². The monoisotopic (exact) mass is 268 g/mol. The molecule has 0 N–H and O–H groups in total. The number of carbonyl (C=O) groups excluding carboxylic acids is 1. The number of likely N-dealkylation sites (N-methyl/N-ethyl adjacent to an activating group) is 1. The zero-order valence-corrected chi connectivity index (χ0v) is 11.9. The van der Waals surface area contributed by atoms with Gasteiger partial charge in [0, 0.05) is 25.2 Å². The van der Waals surface area contributed by atoms with Crippen molar-refractivity contribution in [1.29, 1.82) is 0 Å². The van der Waals surface area contributed by atoms with E-state index in [0.717, 1.165) is 48.9 Å². The Morgan fingerprint density at radius 2 is 1.75 bits per heavy atom. The molecule has 3 heteroatoms. The highest BCUT2D eigenvalue weighted by atomic mass is 16.2. The van der Waals surface area contributed by atoms with Crippen molar-refractivity contribution in [2.45, 2.75) is 6.42 Å². The van der Waals surface area contributed by atoms with E-state index < -0.39 is 0 Å². The summed E-state index contributed by atoms with van der Waals surface area (Å²) in [5, 5.41) is 2.18. The fraction of sp³-hybridized carbons (Fsp3) is 0.353. The minimum Gasteiger partial charge on any atom is -0.337 e. The molecular weight excluding hydrogens is 248 g/mol. The molecule has 1 heterocycles. The lowest BCUT2D eigenvalue weighted by Gasteiger charge is -2.21. The normalized spacial score (nSPS) is 17.1. The summed E-state index contributed by atoms with van der Waals surface area (Å²) in [6.45, 7) is 3.70. The van der Waals surface area contributed by atoms with Crippen LogP contribution in [0.1, 0.15) is 16.8 Å². The molecule has 1 aliphatic rings. The molecule has 0 bridgehead atoms. The van der Waals surface area contributed by atoms with E-state index in [4.69, 9.17) is 0 Å². The highest BCUT2D eigenvalue weighted by Crippen LogP contribution is 2.20. The van der Waals surface area contributed by atoms with Gasteiger partial charge in [-0.15, -0.1) is 0 Å². The second-order valence-corrected chi connectivity index (χ2v) is 5.48. The van der Waals surface area contributed by atoms with Crippen molar-refractivity contribution in [1.82, 2.24) is 9.80 Å². The van der Waals surface area contributed by atoms with Crippen LogP contribution in [0.15, 0.2) is 42.5 Å². The second kappa shape index (κ2) is 5.63. The van der Waals surface area contributed by atoms with Crippen LogP contribution in [0, 0.1) is 0 Å². The van der Waals surface area contributed by atoms with Crippen molar-refractivity contribution in [2.24, 2.45) is 0 Å². The lowest BCUT2D eigenvalue weighted by molar-refractivity contribution is 0.0765. The largest absolute Gasteiger partial charge is 0.337 e. The van der Waals surface area contributed by atoms with Crippen molar-refractivity contribution in [3.8, 4) is 0 Å². The summed E-state index contributed by atoms with van der Waals surface area (Å²) < 4.78 is 0. The molecule has 1 amide bonds. The molecule has 1 fully saturated rings. The lowest BCUT2D eigenvalue weighted by Crippen LogP contribution is -2.34. The molecule has 3 rings (SSSR count). The van der Waals surface area contributed by atoms with Crippen molar-refractivity contribution < 1.29 is 4.79 Å². The first kappa shape index (κ1) is 13.1. The Bertz CT molecular complexity index is 618. The van der Waals surface area contributed by atoms with Crippen molar-refractivity contribution in [3.63, 3.8) is 0 Å². The standard InChI is InChI=1S/C17H20N2O/c1-18-10-5-11-19(13-12-18)17(20)16-9-4-7-14-6-2-3-8-15(14)16/h2-4,6-9H,5,10-13H2,1H3. The van der Waals surface area contributed by atoms with Crippen LogP contribution in [0.5, 0.6) is 0 Å². The summed E-state index contributed by atoms with van der Waals surface area (Å²) in [5.74, 6) is 0.164. The molecule has 1 aliphatic heterocycles. The molecule has 2 aromatic rings. The molecule has 104 valence electrons. The van der Waals surface area contributed by atoms with Crippen LogP contribution in [-0.2, 0) is 0 Å².